The number of hydrogen-bond donors (Lipinski definition) is 1. The summed E-state index contributed by atoms with van der Waals surface area (Å²) in [5.41, 5.74) is 1.73. The molecule has 2 aromatic rings. The Hall–Kier alpha value is -0.820. The molecule has 0 aromatic heterocycles. The Kier molecular flexibility index (Phi) is 11.3. The molecular weight excluding hydrogens is 342 g/mol. The Bertz CT molecular complexity index is 692. The predicted octanol–water partition coefficient (Wildman–Crippen LogP) is 2.30. The maximum absolute atomic E-state index is 9.81. The van der Waals surface area contributed by atoms with E-state index in [-0.39, 0.29) is 64.9 Å². The Labute approximate surface area is 192 Å². The quantitative estimate of drug-likeness (QED) is 0.630. The van der Waals surface area contributed by atoms with Gasteiger partial charge in [-0.1, -0.05) is 18.2 Å². The van der Waals surface area contributed by atoms with Crippen LogP contribution in [0.1, 0.15) is 11.1 Å². The van der Waals surface area contributed by atoms with E-state index in [2.05, 4.69) is 0 Å². The molecule has 1 N–H and O–H groups in total. The summed E-state index contributed by atoms with van der Waals surface area (Å²) in [4.78, 5) is 0. The Balaban J connectivity index is 0.00000288. The average Bonchev–Trinajstić information content (AvgIpc) is 2.58. The molecule has 0 saturated heterocycles. The van der Waals surface area contributed by atoms with Crippen LogP contribution in [0.25, 0.3) is 12.2 Å². The summed E-state index contributed by atoms with van der Waals surface area (Å²) in [5, 5.41) is 9.81. The van der Waals surface area contributed by atoms with Crippen molar-refractivity contribution >= 4 is 71.3 Å². The van der Waals surface area contributed by atoms with E-state index in [0.717, 1.165) is 11.1 Å². The van der Waals surface area contributed by atoms with E-state index in [1.807, 2.05) is 30.4 Å². The van der Waals surface area contributed by atoms with Crippen molar-refractivity contribution in [2.45, 2.75) is 0 Å². The zero-order valence-electron chi connectivity index (χ0n) is 13.6. The Morgan fingerprint density at radius 1 is 0.680 bits per heavy atom. The van der Waals surface area contributed by atoms with Gasteiger partial charge in [0.2, 0.25) is 5.75 Å². The molecule has 0 amide bonds. The van der Waals surface area contributed by atoms with Crippen molar-refractivity contribution in [3.05, 3.63) is 41.5 Å². The summed E-state index contributed by atoms with van der Waals surface area (Å²) in [7, 11) is 6.23. The molecular formula is C18H22Na2O5. The van der Waals surface area contributed by atoms with Crippen molar-refractivity contribution in [1.29, 1.82) is 0 Å². The number of phenols is 1. The van der Waals surface area contributed by atoms with Crippen LogP contribution >= 0.6 is 0 Å². The van der Waals surface area contributed by atoms with Gasteiger partial charge in [-0.15, -0.1) is 0 Å². The zero-order valence-corrected chi connectivity index (χ0v) is 13.6. The zero-order chi connectivity index (χ0) is 16.8. The average molecular weight is 364 g/mol. The third-order valence-electron chi connectivity index (χ3n) is 3.36. The van der Waals surface area contributed by atoms with Crippen LogP contribution in [0.3, 0.4) is 0 Å². The second kappa shape index (κ2) is 11.7. The fourth-order valence-electron chi connectivity index (χ4n) is 2.20. The molecule has 25 heavy (non-hydrogen) atoms. The maximum atomic E-state index is 9.81. The first-order valence-electron chi connectivity index (χ1n) is 6.98. The van der Waals surface area contributed by atoms with Gasteiger partial charge in [0, 0.05) is 0 Å². The van der Waals surface area contributed by atoms with Crippen LogP contribution in [0.2, 0.25) is 0 Å². The van der Waals surface area contributed by atoms with Crippen LogP contribution in [0.4, 0.5) is 0 Å². The monoisotopic (exact) mass is 364 g/mol. The van der Waals surface area contributed by atoms with Crippen molar-refractivity contribution in [1.82, 2.24) is 0 Å². The minimum atomic E-state index is 0. The normalized spacial score (nSPS) is 9.76. The van der Waals surface area contributed by atoms with Gasteiger partial charge in [-0.25, -0.2) is 0 Å². The number of phenolic OH excluding ortho intramolecular Hbond substituents is 1. The van der Waals surface area contributed by atoms with Gasteiger partial charge in [0.15, 0.2) is 23.0 Å². The summed E-state index contributed by atoms with van der Waals surface area (Å²) in [6.45, 7) is 0. The second-order valence-electron chi connectivity index (χ2n) is 4.72. The number of methoxy groups -OCH3 is 4. The van der Waals surface area contributed by atoms with E-state index in [0.29, 0.717) is 23.0 Å². The van der Waals surface area contributed by atoms with Gasteiger partial charge >= 0.3 is 59.1 Å². The van der Waals surface area contributed by atoms with Crippen molar-refractivity contribution < 1.29 is 24.1 Å². The molecule has 0 aliphatic carbocycles. The predicted molar refractivity (Wildman–Crippen MR) is 104 cm³/mol. The number of aromatic hydroxyl groups is 1. The summed E-state index contributed by atoms with van der Waals surface area (Å²) in [6, 6.07) is 8.90. The van der Waals surface area contributed by atoms with Crippen LogP contribution in [-0.2, 0) is 0 Å². The topological polar surface area (TPSA) is 57.2 Å². The van der Waals surface area contributed by atoms with Crippen LogP contribution in [-0.4, -0.2) is 92.7 Å². The molecule has 0 unspecified atom stereocenters. The fraction of sp³-hybridized carbons (Fsp3) is 0.222. The van der Waals surface area contributed by atoms with Gasteiger partial charge in [0.05, 0.1) is 28.4 Å². The molecule has 0 heterocycles. The van der Waals surface area contributed by atoms with Crippen molar-refractivity contribution in [3.8, 4) is 28.7 Å². The van der Waals surface area contributed by atoms with Gasteiger partial charge in [-0.05, 0) is 35.4 Å². The van der Waals surface area contributed by atoms with E-state index >= 15 is 0 Å². The van der Waals surface area contributed by atoms with Crippen LogP contribution < -0.4 is 18.9 Å². The first-order chi connectivity index (χ1) is 11.1. The molecule has 5 nitrogen and oxygen atoms in total. The molecule has 7 heteroatoms. The number of benzene rings is 2. The molecule has 0 aliphatic rings. The van der Waals surface area contributed by atoms with Gasteiger partial charge in [0.1, 0.15) is 0 Å². The third-order valence-corrected chi connectivity index (χ3v) is 3.36. The van der Waals surface area contributed by atoms with Crippen LogP contribution in [0.15, 0.2) is 30.3 Å². The van der Waals surface area contributed by atoms with Gasteiger partial charge in [0.25, 0.3) is 0 Å². The number of ether oxygens (including phenoxy) is 4. The SMILES string of the molecule is COc1ccc(/C=C\c2cc(OC)c(OC)c(OC)c2)cc1O.[NaH].[NaH]. The second-order valence-corrected chi connectivity index (χ2v) is 4.72. The van der Waals surface area contributed by atoms with E-state index in [1.54, 1.807) is 33.5 Å². The van der Waals surface area contributed by atoms with Crippen molar-refractivity contribution in [3.63, 3.8) is 0 Å². The van der Waals surface area contributed by atoms with Gasteiger partial charge in [-0.3, -0.25) is 0 Å². The standard InChI is InChI=1S/C18H20O5.2Na.2H/c1-20-15-8-7-12(9-14(15)19)5-6-13-10-16(21-2)18(23-4)17(11-13)22-3;;;;/h5-11,19H,1-4H3;;;;/b6-5-;;;;. The van der Waals surface area contributed by atoms with Gasteiger partial charge in [-0.2, -0.15) is 0 Å². The fourth-order valence-corrected chi connectivity index (χ4v) is 2.20. The third kappa shape index (κ3) is 6.13. The molecule has 0 bridgehead atoms. The van der Waals surface area contributed by atoms with Gasteiger partial charge < -0.3 is 24.1 Å². The molecule has 0 aliphatic heterocycles. The van der Waals surface area contributed by atoms with E-state index in [4.69, 9.17) is 18.9 Å². The number of hydrogen-bond acceptors (Lipinski definition) is 5. The summed E-state index contributed by atoms with van der Waals surface area (Å²) >= 11 is 0. The van der Waals surface area contributed by atoms with E-state index in [9.17, 15) is 5.11 Å². The van der Waals surface area contributed by atoms with Crippen LogP contribution in [0, 0.1) is 0 Å². The molecule has 126 valence electrons. The molecule has 2 rings (SSSR count). The first-order valence-corrected chi connectivity index (χ1v) is 6.98. The van der Waals surface area contributed by atoms with Crippen LogP contribution in [0.5, 0.6) is 28.7 Å². The molecule has 0 fully saturated rings. The van der Waals surface area contributed by atoms with Crippen molar-refractivity contribution in [2.24, 2.45) is 0 Å². The number of rotatable bonds is 6. The van der Waals surface area contributed by atoms with Crippen molar-refractivity contribution in [2.75, 3.05) is 28.4 Å². The molecule has 0 saturated carbocycles. The Morgan fingerprint density at radius 3 is 1.64 bits per heavy atom. The molecule has 2 aromatic carbocycles. The first kappa shape index (κ1) is 24.2. The summed E-state index contributed by atoms with van der Waals surface area (Å²) in [6.07, 6.45) is 3.77. The molecule has 0 atom stereocenters. The van der Waals surface area contributed by atoms with E-state index in [1.165, 1.54) is 7.11 Å². The summed E-state index contributed by atoms with van der Waals surface area (Å²) in [5.74, 6) is 2.26. The minimum absolute atomic E-state index is 0. The summed E-state index contributed by atoms with van der Waals surface area (Å²) < 4.78 is 21.0. The Morgan fingerprint density at radius 2 is 1.20 bits per heavy atom. The molecule has 0 spiro atoms. The molecule has 0 radical (unpaired) electrons. The van der Waals surface area contributed by atoms with E-state index < -0.39 is 0 Å².